The van der Waals surface area contributed by atoms with E-state index in [-0.39, 0.29) is 17.8 Å². The van der Waals surface area contributed by atoms with E-state index in [1.165, 1.54) is 6.07 Å². The average Bonchev–Trinajstić information content (AvgIpc) is 2.43. The van der Waals surface area contributed by atoms with Gasteiger partial charge in [-0.25, -0.2) is 0 Å². The normalized spacial score (nSPS) is 11.6. The van der Waals surface area contributed by atoms with Crippen molar-refractivity contribution in [3.63, 3.8) is 0 Å². The molecule has 0 aliphatic heterocycles. The molecule has 0 radical (unpaired) electrons. The standard InChI is InChI=1S/C16H29N3O3/c1-13-11-15(21)16(22)14(12-18(4)9-10-20)19(13)8-6-5-7-17(2)3/h11,20,22H,5-10,12H2,1-4H3. The van der Waals surface area contributed by atoms with Gasteiger partial charge in [-0.15, -0.1) is 0 Å². The molecule has 0 amide bonds. The van der Waals surface area contributed by atoms with Gasteiger partial charge in [0.15, 0.2) is 5.75 Å². The van der Waals surface area contributed by atoms with Crippen LogP contribution in [0.3, 0.4) is 0 Å². The number of hydrogen-bond donors (Lipinski definition) is 2. The first-order chi connectivity index (χ1) is 10.4. The zero-order chi connectivity index (χ0) is 16.7. The number of aromatic nitrogens is 1. The second kappa shape index (κ2) is 8.92. The zero-order valence-electron chi connectivity index (χ0n) is 14.2. The van der Waals surface area contributed by atoms with Gasteiger partial charge in [-0.05, 0) is 47.5 Å². The Bertz CT molecular complexity index is 526. The lowest BCUT2D eigenvalue weighted by Crippen LogP contribution is -2.26. The Kier molecular flexibility index (Phi) is 7.58. The summed E-state index contributed by atoms with van der Waals surface area (Å²) in [5, 5.41) is 19.1. The van der Waals surface area contributed by atoms with Crippen LogP contribution in [0.1, 0.15) is 24.2 Å². The molecule has 126 valence electrons. The van der Waals surface area contributed by atoms with Crippen LogP contribution in [0.4, 0.5) is 0 Å². The van der Waals surface area contributed by atoms with Crippen LogP contribution < -0.4 is 5.43 Å². The van der Waals surface area contributed by atoms with Gasteiger partial charge in [-0.1, -0.05) is 0 Å². The third-order valence-corrected chi connectivity index (χ3v) is 3.74. The fraction of sp³-hybridized carbons (Fsp3) is 0.688. The maximum absolute atomic E-state index is 11.8. The minimum atomic E-state index is -0.338. The van der Waals surface area contributed by atoms with Crippen molar-refractivity contribution in [2.24, 2.45) is 0 Å². The van der Waals surface area contributed by atoms with E-state index in [4.69, 9.17) is 5.11 Å². The average molecular weight is 311 g/mol. The fourth-order valence-corrected chi connectivity index (χ4v) is 2.49. The highest BCUT2D eigenvalue weighted by Crippen LogP contribution is 2.17. The van der Waals surface area contributed by atoms with Crippen LogP contribution in [0.25, 0.3) is 0 Å². The molecule has 0 spiro atoms. The number of aryl methyl sites for hydroxylation is 1. The Labute approximate surface area is 132 Å². The summed E-state index contributed by atoms with van der Waals surface area (Å²) in [6.07, 6.45) is 2.04. The SMILES string of the molecule is Cc1cc(=O)c(O)c(CN(C)CCO)n1CCCCN(C)C. The van der Waals surface area contributed by atoms with Crippen LogP contribution in [-0.2, 0) is 13.1 Å². The number of hydrogen-bond acceptors (Lipinski definition) is 5. The molecule has 0 bridgehead atoms. The lowest BCUT2D eigenvalue weighted by Gasteiger charge is -2.22. The molecule has 6 heteroatoms. The monoisotopic (exact) mass is 311 g/mol. The molecule has 0 saturated heterocycles. The molecule has 0 unspecified atom stereocenters. The van der Waals surface area contributed by atoms with Crippen molar-refractivity contribution >= 4 is 0 Å². The predicted octanol–water partition coefficient (Wildman–Crippen LogP) is 0.628. The van der Waals surface area contributed by atoms with Gasteiger partial charge in [0.2, 0.25) is 5.43 Å². The summed E-state index contributed by atoms with van der Waals surface area (Å²) >= 11 is 0. The molecule has 6 nitrogen and oxygen atoms in total. The Balaban J connectivity index is 2.93. The molecule has 1 heterocycles. The van der Waals surface area contributed by atoms with Crippen molar-refractivity contribution in [3.05, 3.63) is 27.7 Å². The van der Waals surface area contributed by atoms with Crippen LogP contribution in [-0.4, -0.2) is 65.4 Å². The first-order valence-corrected chi connectivity index (χ1v) is 7.73. The maximum Gasteiger partial charge on any atom is 0.223 e. The third-order valence-electron chi connectivity index (χ3n) is 3.74. The van der Waals surface area contributed by atoms with Gasteiger partial charge in [-0.2, -0.15) is 0 Å². The Hall–Kier alpha value is -1.37. The molecule has 0 aromatic carbocycles. The number of likely N-dealkylation sites (N-methyl/N-ethyl adjacent to an activating group) is 1. The maximum atomic E-state index is 11.8. The number of unbranched alkanes of at least 4 members (excludes halogenated alkanes) is 1. The highest BCUT2D eigenvalue weighted by molar-refractivity contribution is 5.29. The summed E-state index contributed by atoms with van der Waals surface area (Å²) < 4.78 is 2.01. The highest BCUT2D eigenvalue weighted by atomic mass is 16.3. The lowest BCUT2D eigenvalue weighted by atomic mass is 10.2. The largest absolute Gasteiger partial charge is 0.503 e. The highest BCUT2D eigenvalue weighted by Gasteiger charge is 2.14. The van der Waals surface area contributed by atoms with E-state index in [0.29, 0.717) is 18.8 Å². The molecule has 0 aliphatic rings. The minimum absolute atomic E-state index is 0.0517. The van der Waals surface area contributed by atoms with E-state index >= 15 is 0 Å². The second-order valence-corrected chi connectivity index (χ2v) is 6.07. The Morgan fingerprint density at radius 3 is 2.45 bits per heavy atom. The summed E-state index contributed by atoms with van der Waals surface area (Å²) in [4.78, 5) is 15.9. The van der Waals surface area contributed by atoms with Crippen molar-refractivity contribution in [2.45, 2.75) is 32.9 Å². The van der Waals surface area contributed by atoms with Gasteiger partial charge >= 0.3 is 0 Å². The summed E-state index contributed by atoms with van der Waals surface area (Å²) in [5.74, 6) is -0.178. The Morgan fingerprint density at radius 2 is 1.86 bits per heavy atom. The van der Waals surface area contributed by atoms with Crippen LogP contribution in [0.2, 0.25) is 0 Å². The van der Waals surface area contributed by atoms with Crippen molar-refractivity contribution in [2.75, 3.05) is 40.8 Å². The number of pyridine rings is 1. The molecular weight excluding hydrogens is 282 g/mol. The third kappa shape index (κ3) is 5.44. The van der Waals surface area contributed by atoms with Crippen LogP contribution in [0.5, 0.6) is 5.75 Å². The zero-order valence-corrected chi connectivity index (χ0v) is 14.2. The van der Waals surface area contributed by atoms with E-state index in [0.717, 1.165) is 31.6 Å². The predicted molar refractivity (Wildman–Crippen MR) is 88.3 cm³/mol. The van der Waals surface area contributed by atoms with E-state index in [2.05, 4.69) is 4.90 Å². The molecule has 2 N–H and O–H groups in total. The van der Waals surface area contributed by atoms with E-state index in [1.807, 2.05) is 37.5 Å². The van der Waals surface area contributed by atoms with Crippen molar-refractivity contribution in [3.8, 4) is 5.75 Å². The Morgan fingerprint density at radius 1 is 1.18 bits per heavy atom. The lowest BCUT2D eigenvalue weighted by molar-refractivity contribution is 0.212. The molecule has 0 saturated carbocycles. The van der Waals surface area contributed by atoms with Gasteiger partial charge in [0.1, 0.15) is 0 Å². The number of aromatic hydroxyl groups is 1. The number of rotatable bonds is 9. The number of nitrogens with zero attached hydrogens (tertiary/aromatic N) is 3. The minimum Gasteiger partial charge on any atom is -0.503 e. The molecule has 0 aliphatic carbocycles. The van der Waals surface area contributed by atoms with Crippen LogP contribution in [0, 0.1) is 6.92 Å². The number of aliphatic hydroxyl groups is 1. The van der Waals surface area contributed by atoms with Gasteiger partial charge < -0.3 is 19.7 Å². The van der Waals surface area contributed by atoms with E-state index in [9.17, 15) is 9.90 Å². The quantitative estimate of drug-likeness (QED) is 0.655. The van der Waals surface area contributed by atoms with E-state index in [1.54, 1.807) is 0 Å². The smallest absolute Gasteiger partial charge is 0.223 e. The first kappa shape index (κ1) is 18.7. The van der Waals surface area contributed by atoms with Gasteiger partial charge in [0.25, 0.3) is 0 Å². The van der Waals surface area contributed by atoms with Crippen molar-refractivity contribution in [1.29, 1.82) is 0 Å². The topological polar surface area (TPSA) is 68.9 Å². The summed E-state index contributed by atoms with van der Waals surface area (Å²) in [6, 6.07) is 1.48. The molecule has 1 aromatic heterocycles. The van der Waals surface area contributed by atoms with Crippen molar-refractivity contribution < 1.29 is 10.2 Å². The van der Waals surface area contributed by atoms with Crippen LogP contribution in [0.15, 0.2) is 10.9 Å². The number of aliphatic hydroxyl groups excluding tert-OH is 1. The summed E-state index contributed by atoms with van der Waals surface area (Å²) in [6.45, 7) is 4.68. The van der Waals surface area contributed by atoms with Gasteiger partial charge in [0.05, 0.1) is 12.3 Å². The summed E-state index contributed by atoms with van der Waals surface area (Å²) in [7, 11) is 5.95. The van der Waals surface area contributed by atoms with Gasteiger partial charge in [-0.3, -0.25) is 9.69 Å². The molecule has 22 heavy (non-hydrogen) atoms. The summed E-state index contributed by atoms with van der Waals surface area (Å²) in [5.41, 5.74) is 1.15. The van der Waals surface area contributed by atoms with Gasteiger partial charge in [0, 0.05) is 31.4 Å². The molecule has 0 atom stereocenters. The molecular formula is C16H29N3O3. The molecule has 1 aromatic rings. The second-order valence-electron chi connectivity index (χ2n) is 6.07. The van der Waals surface area contributed by atoms with E-state index < -0.39 is 0 Å². The first-order valence-electron chi connectivity index (χ1n) is 7.73. The van der Waals surface area contributed by atoms with Crippen LogP contribution >= 0.6 is 0 Å². The molecule has 0 fully saturated rings. The van der Waals surface area contributed by atoms with Crippen molar-refractivity contribution in [1.82, 2.24) is 14.4 Å². The fourth-order valence-electron chi connectivity index (χ4n) is 2.49. The molecule has 1 rings (SSSR count).